The first-order chi connectivity index (χ1) is 12.0. The fourth-order valence-electron chi connectivity index (χ4n) is 3.08. The smallest absolute Gasteiger partial charge is 0.315 e. The quantitative estimate of drug-likeness (QED) is 0.789. The third-order valence-electron chi connectivity index (χ3n) is 4.64. The average molecular weight is 340 g/mol. The van der Waals surface area contributed by atoms with Crippen molar-refractivity contribution in [3.8, 4) is 6.07 Å². The minimum absolute atomic E-state index is 0.122. The van der Waals surface area contributed by atoms with E-state index >= 15 is 0 Å². The van der Waals surface area contributed by atoms with Gasteiger partial charge in [-0.2, -0.15) is 10.4 Å². The molecular weight excluding hydrogens is 316 g/mol. The zero-order valence-corrected chi connectivity index (χ0v) is 15.0. The van der Waals surface area contributed by atoms with E-state index in [9.17, 15) is 10.1 Å². The predicted molar refractivity (Wildman–Crippen MR) is 94.2 cm³/mol. The molecule has 0 radical (unpaired) electrons. The van der Waals surface area contributed by atoms with Gasteiger partial charge in [-0.25, -0.2) is 14.3 Å². The molecule has 132 valence electrons. The van der Waals surface area contributed by atoms with Gasteiger partial charge in [-0.1, -0.05) is 0 Å². The lowest BCUT2D eigenvalue weighted by Gasteiger charge is -2.13. The summed E-state index contributed by atoms with van der Waals surface area (Å²) in [7, 11) is 0. The molecule has 0 aromatic carbocycles. The van der Waals surface area contributed by atoms with Crippen LogP contribution in [-0.4, -0.2) is 33.2 Å². The van der Waals surface area contributed by atoms with E-state index < -0.39 is 0 Å². The first-order valence-electron chi connectivity index (χ1n) is 8.80. The van der Waals surface area contributed by atoms with E-state index in [0.717, 1.165) is 23.5 Å². The summed E-state index contributed by atoms with van der Waals surface area (Å²) in [6.07, 6.45) is 3.77. The Morgan fingerprint density at radius 3 is 2.92 bits per heavy atom. The molecular formula is C18H24N6O. The number of urea groups is 1. The lowest BCUT2D eigenvalue weighted by Crippen LogP contribution is -2.42. The first kappa shape index (κ1) is 17.2. The van der Waals surface area contributed by atoms with Gasteiger partial charge in [-0.15, -0.1) is 0 Å². The maximum atomic E-state index is 11.8. The van der Waals surface area contributed by atoms with Crippen molar-refractivity contribution in [1.82, 2.24) is 25.2 Å². The largest absolute Gasteiger partial charge is 0.338 e. The zero-order chi connectivity index (χ0) is 18.0. The molecule has 25 heavy (non-hydrogen) atoms. The summed E-state index contributed by atoms with van der Waals surface area (Å²) in [5.41, 5.74) is 3.70. The Balaban J connectivity index is 1.57. The van der Waals surface area contributed by atoms with Gasteiger partial charge in [0.2, 0.25) is 0 Å². The fraction of sp³-hybridized carbons (Fsp3) is 0.556. The Hall–Kier alpha value is -2.62. The molecule has 0 bridgehead atoms. The van der Waals surface area contributed by atoms with Gasteiger partial charge >= 0.3 is 6.03 Å². The molecule has 1 saturated carbocycles. The van der Waals surface area contributed by atoms with Crippen LogP contribution in [0.4, 0.5) is 4.79 Å². The molecule has 0 aliphatic heterocycles. The van der Waals surface area contributed by atoms with Crippen molar-refractivity contribution in [2.24, 2.45) is 5.92 Å². The molecule has 2 N–H and O–H groups in total. The topological polar surface area (TPSA) is 95.1 Å². The molecule has 1 aliphatic carbocycles. The molecule has 3 rings (SSSR count). The lowest BCUT2D eigenvalue weighted by molar-refractivity contribution is 0.236. The molecule has 2 heterocycles. The number of hydrogen-bond acceptors (Lipinski definition) is 4. The molecule has 1 atom stereocenters. The zero-order valence-electron chi connectivity index (χ0n) is 15.0. The normalized spacial score (nSPS) is 15.0. The molecule has 2 aromatic heterocycles. The molecule has 2 aromatic rings. The Kier molecular flexibility index (Phi) is 4.88. The number of carbonyl (C=O) groups excluding carboxylic acids is 1. The van der Waals surface area contributed by atoms with Crippen LogP contribution in [0.5, 0.6) is 0 Å². The second-order valence-electron chi connectivity index (χ2n) is 6.84. The number of fused-ring (bicyclic) bond motifs is 1. The maximum Gasteiger partial charge on any atom is 0.315 e. The van der Waals surface area contributed by atoms with Crippen LogP contribution in [0.1, 0.15) is 48.8 Å². The van der Waals surface area contributed by atoms with Gasteiger partial charge in [0.15, 0.2) is 5.65 Å². The highest BCUT2D eigenvalue weighted by molar-refractivity contribution is 5.74. The minimum atomic E-state index is -0.122. The molecule has 7 nitrogen and oxygen atoms in total. The number of carbonyl (C=O) groups is 1. The van der Waals surface area contributed by atoms with E-state index in [2.05, 4.69) is 26.8 Å². The number of nitrogens with one attached hydrogen (secondary N) is 2. The molecule has 1 fully saturated rings. The second-order valence-corrected chi connectivity index (χ2v) is 6.84. The second kappa shape index (κ2) is 7.09. The Morgan fingerprint density at radius 1 is 1.48 bits per heavy atom. The molecule has 7 heteroatoms. The summed E-state index contributed by atoms with van der Waals surface area (Å²) in [4.78, 5) is 16.3. The predicted octanol–water partition coefficient (Wildman–Crippen LogP) is 2.25. The van der Waals surface area contributed by atoms with Crippen LogP contribution in [-0.2, 0) is 6.42 Å². The number of nitrogens with zero attached hydrogens (tertiary/aromatic N) is 4. The maximum absolute atomic E-state index is 11.8. The van der Waals surface area contributed by atoms with E-state index in [1.165, 1.54) is 12.8 Å². The van der Waals surface area contributed by atoms with Crippen molar-refractivity contribution in [3.05, 3.63) is 28.7 Å². The van der Waals surface area contributed by atoms with Gasteiger partial charge in [-0.05, 0) is 58.4 Å². The number of hydrogen-bond donors (Lipinski definition) is 2. The number of amides is 2. The van der Waals surface area contributed by atoms with E-state index in [4.69, 9.17) is 0 Å². The van der Waals surface area contributed by atoms with Crippen LogP contribution in [0.15, 0.2) is 6.07 Å². The summed E-state index contributed by atoms with van der Waals surface area (Å²) in [6.45, 7) is 6.45. The molecule has 2 amide bonds. The van der Waals surface area contributed by atoms with Crippen LogP contribution >= 0.6 is 0 Å². The summed E-state index contributed by atoms with van der Waals surface area (Å²) in [5.74, 6) is 0.640. The first-order valence-corrected chi connectivity index (χ1v) is 8.80. The molecule has 0 spiro atoms. The van der Waals surface area contributed by atoms with Gasteiger partial charge in [-0.3, -0.25) is 0 Å². The van der Waals surface area contributed by atoms with Crippen LogP contribution in [0.2, 0.25) is 0 Å². The van der Waals surface area contributed by atoms with Crippen molar-refractivity contribution in [3.63, 3.8) is 0 Å². The third kappa shape index (κ3) is 3.90. The van der Waals surface area contributed by atoms with Crippen LogP contribution in [0, 0.1) is 31.1 Å². The summed E-state index contributed by atoms with van der Waals surface area (Å²) >= 11 is 0. The highest BCUT2D eigenvalue weighted by atomic mass is 16.2. The fourth-order valence-corrected chi connectivity index (χ4v) is 3.08. The van der Waals surface area contributed by atoms with Crippen LogP contribution in [0.3, 0.4) is 0 Å². The third-order valence-corrected chi connectivity index (χ3v) is 4.64. The summed E-state index contributed by atoms with van der Waals surface area (Å²) in [5, 5.41) is 19.8. The molecule has 0 unspecified atom stereocenters. The van der Waals surface area contributed by atoms with Crippen LogP contribution in [0.25, 0.3) is 5.65 Å². The molecule has 0 saturated heterocycles. The Labute approximate surface area is 147 Å². The highest BCUT2D eigenvalue weighted by Gasteiger charge is 2.28. The van der Waals surface area contributed by atoms with E-state index in [-0.39, 0.29) is 12.1 Å². The summed E-state index contributed by atoms with van der Waals surface area (Å²) in [6, 6.07) is 4.28. The Morgan fingerprint density at radius 2 is 2.24 bits per heavy atom. The average Bonchev–Trinajstić information content (AvgIpc) is 3.34. The van der Waals surface area contributed by atoms with Gasteiger partial charge in [0.05, 0.1) is 5.69 Å². The van der Waals surface area contributed by atoms with Crippen molar-refractivity contribution in [2.75, 3.05) is 6.54 Å². The summed E-state index contributed by atoms with van der Waals surface area (Å²) < 4.78 is 1.72. The monoisotopic (exact) mass is 340 g/mol. The van der Waals surface area contributed by atoms with Crippen molar-refractivity contribution < 1.29 is 4.79 Å². The van der Waals surface area contributed by atoms with Crippen LogP contribution < -0.4 is 10.6 Å². The van der Waals surface area contributed by atoms with Gasteiger partial charge in [0.25, 0.3) is 0 Å². The standard InChI is InChI=1S/C18H24N6O/c1-11-9-12(2)24-17(21-11)15(10-19)16(23-24)5-4-8-20-18(25)22-13(3)14-6-7-14/h9,13-14H,4-8H2,1-3H3,(H2,20,22,25)/t13-/m0/s1. The van der Waals surface area contributed by atoms with Crippen molar-refractivity contribution in [2.45, 2.75) is 52.5 Å². The number of rotatable bonds is 6. The SMILES string of the molecule is Cc1cc(C)n2nc(CCCNC(=O)N[C@@H](C)C3CC3)c(C#N)c2n1. The number of aryl methyl sites for hydroxylation is 3. The lowest BCUT2D eigenvalue weighted by atomic mass is 10.1. The van der Waals surface area contributed by atoms with Gasteiger partial charge in [0, 0.05) is 24.0 Å². The number of aromatic nitrogens is 3. The van der Waals surface area contributed by atoms with E-state index in [1.807, 2.05) is 26.8 Å². The highest BCUT2D eigenvalue weighted by Crippen LogP contribution is 2.32. The Bertz CT molecular complexity index is 830. The van der Waals surface area contributed by atoms with Crippen molar-refractivity contribution in [1.29, 1.82) is 5.26 Å². The van der Waals surface area contributed by atoms with Gasteiger partial charge < -0.3 is 10.6 Å². The van der Waals surface area contributed by atoms with E-state index in [0.29, 0.717) is 30.1 Å². The van der Waals surface area contributed by atoms with Crippen molar-refractivity contribution >= 4 is 11.7 Å². The molecule has 1 aliphatic rings. The minimum Gasteiger partial charge on any atom is -0.338 e. The number of nitriles is 1. The van der Waals surface area contributed by atoms with Gasteiger partial charge in [0.1, 0.15) is 11.6 Å². The van der Waals surface area contributed by atoms with E-state index in [1.54, 1.807) is 4.52 Å².